The summed E-state index contributed by atoms with van der Waals surface area (Å²) in [7, 11) is 0. The molecule has 0 radical (unpaired) electrons. The lowest BCUT2D eigenvalue weighted by atomic mass is 10.1. The molecule has 6 heteroatoms. The van der Waals surface area contributed by atoms with Gasteiger partial charge in [-0.3, -0.25) is 0 Å². The van der Waals surface area contributed by atoms with Crippen molar-refractivity contribution < 1.29 is 4.79 Å². The molecule has 1 fully saturated rings. The normalized spacial score (nSPS) is 14.1. The minimum absolute atomic E-state index is 0.126. The molecular weight excluding hydrogens is 357 g/mol. The first-order valence-corrected chi connectivity index (χ1v) is 9.16. The number of amides is 2. The molecule has 2 aromatic carbocycles. The van der Waals surface area contributed by atoms with E-state index in [4.69, 9.17) is 23.2 Å². The van der Waals surface area contributed by atoms with Crippen molar-refractivity contribution in [1.29, 1.82) is 0 Å². The molecule has 1 N–H and O–H groups in total. The monoisotopic (exact) mass is 377 g/mol. The van der Waals surface area contributed by atoms with Crippen LogP contribution in [0.1, 0.15) is 13.3 Å². The Labute approximate surface area is 158 Å². The summed E-state index contributed by atoms with van der Waals surface area (Å²) in [6.07, 6.45) is 1.07. The maximum absolute atomic E-state index is 12.4. The van der Waals surface area contributed by atoms with E-state index in [1.54, 1.807) is 23.1 Å². The van der Waals surface area contributed by atoms with Crippen molar-refractivity contribution in [2.45, 2.75) is 19.4 Å². The van der Waals surface area contributed by atoms with Crippen LogP contribution in [0.3, 0.4) is 0 Å². The number of carbonyl (C=O) groups is 1. The van der Waals surface area contributed by atoms with Crippen LogP contribution in [-0.2, 0) is 0 Å². The maximum atomic E-state index is 12.4. The highest BCUT2D eigenvalue weighted by molar-refractivity contribution is 6.35. The molecule has 0 aromatic heterocycles. The van der Waals surface area contributed by atoms with Gasteiger partial charge in [0, 0.05) is 41.1 Å². The van der Waals surface area contributed by atoms with Crippen LogP contribution in [0.25, 0.3) is 0 Å². The fraction of sp³-hybridized carbons (Fsp3) is 0.316. The smallest absolute Gasteiger partial charge is 0.321 e. The van der Waals surface area contributed by atoms with Crippen LogP contribution in [0.5, 0.6) is 0 Å². The van der Waals surface area contributed by atoms with Crippen molar-refractivity contribution in [3.05, 3.63) is 58.6 Å². The highest BCUT2D eigenvalue weighted by atomic mass is 35.5. The number of nitrogens with zero attached hydrogens (tertiary/aromatic N) is 2. The topological polar surface area (TPSA) is 35.6 Å². The molecule has 0 atom stereocenters. The number of nitrogens with one attached hydrogen (secondary N) is 1. The van der Waals surface area contributed by atoms with Crippen LogP contribution in [0.2, 0.25) is 10.0 Å². The van der Waals surface area contributed by atoms with Crippen molar-refractivity contribution >= 4 is 40.6 Å². The highest BCUT2D eigenvalue weighted by Crippen LogP contribution is 2.25. The molecule has 0 saturated carbocycles. The lowest BCUT2D eigenvalue weighted by molar-refractivity contribution is 0.161. The standard InChI is InChI=1S/C19H21Cl2N3O/c1-2-8-24(17-6-4-3-5-7-17)18-12-23(13-18)19(25)22-16-10-14(20)9-15(21)11-16/h3-7,9-11,18H,2,8,12-13H2,1H3,(H,22,25). The van der Waals surface area contributed by atoms with Gasteiger partial charge in [-0.2, -0.15) is 0 Å². The van der Waals surface area contributed by atoms with Crippen LogP contribution < -0.4 is 10.2 Å². The second-order valence-corrected chi connectivity index (χ2v) is 7.05. The molecule has 132 valence electrons. The van der Waals surface area contributed by atoms with Crippen molar-refractivity contribution in [2.75, 3.05) is 29.9 Å². The van der Waals surface area contributed by atoms with E-state index in [0.717, 1.165) is 13.0 Å². The van der Waals surface area contributed by atoms with Crippen molar-refractivity contribution in [2.24, 2.45) is 0 Å². The SMILES string of the molecule is CCCN(c1ccccc1)C1CN(C(=O)Nc2cc(Cl)cc(Cl)c2)C1. The summed E-state index contributed by atoms with van der Waals surface area (Å²) in [4.78, 5) is 16.6. The first-order chi connectivity index (χ1) is 12.1. The summed E-state index contributed by atoms with van der Waals surface area (Å²) >= 11 is 11.9. The summed E-state index contributed by atoms with van der Waals surface area (Å²) in [5, 5.41) is 3.86. The maximum Gasteiger partial charge on any atom is 0.321 e. The second-order valence-electron chi connectivity index (χ2n) is 6.18. The zero-order valence-electron chi connectivity index (χ0n) is 14.1. The van der Waals surface area contributed by atoms with Crippen molar-refractivity contribution in [1.82, 2.24) is 4.90 Å². The quantitative estimate of drug-likeness (QED) is 0.783. The molecule has 0 bridgehead atoms. The third kappa shape index (κ3) is 4.39. The van der Waals surface area contributed by atoms with Gasteiger partial charge in [-0.15, -0.1) is 0 Å². The number of carbonyl (C=O) groups excluding carboxylic acids is 1. The number of rotatable bonds is 5. The van der Waals surface area contributed by atoms with Gasteiger partial charge in [0.25, 0.3) is 0 Å². The number of benzene rings is 2. The molecule has 0 unspecified atom stereocenters. The minimum atomic E-state index is -0.126. The Hall–Kier alpha value is -1.91. The van der Waals surface area contributed by atoms with E-state index in [1.807, 2.05) is 18.2 Å². The Morgan fingerprint density at radius 3 is 2.40 bits per heavy atom. The van der Waals surface area contributed by atoms with Gasteiger partial charge in [-0.25, -0.2) is 4.79 Å². The van der Waals surface area contributed by atoms with Gasteiger partial charge in [-0.05, 0) is 36.8 Å². The van der Waals surface area contributed by atoms with Gasteiger partial charge in [-0.1, -0.05) is 48.3 Å². The fourth-order valence-electron chi connectivity index (χ4n) is 3.03. The van der Waals surface area contributed by atoms with E-state index in [-0.39, 0.29) is 6.03 Å². The number of urea groups is 1. The Bertz CT molecular complexity index is 712. The largest absolute Gasteiger partial charge is 0.365 e. The van der Waals surface area contributed by atoms with E-state index in [1.165, 1.54) is 5.69 Å². The summed E-state index contributed by atoms with van der Waals surface area (Å²) < 4.78 is 0. The van der Waals surface area contributed by atoms with Crippen LogP contribution in [0.15, 0.2) is 48.5 Å². The zero-order valence-corrected chi connectivity index (χ0v) is 15.6. The van der Waals surface area contributed by atoms with Gasteiger partial charge in [0.2, 0.25) is 0 Å². The molecular formula is C19H21Cl2N3O. The van der Waals surface area contributed by atoms with Gasteiger partial charge >= 0.3 is 6.03 Å². The zero-order chi connectivity index (χ0) is 17.8. The number of hydrogen-bond donors (Lipinski definition) is 1. The lowest BCUT2D eigenvalue weighted by Crippen LogP contribution is -2.62. The third-order valence-electron chi connectivity index (χ3n) is 4.26. The molecule has 1 aliphatic rings. The van der Waals surface area contributed by atoms with Gasteiger partial charge in [0.15, 0.2) is 0 Å². The molecule has 1 heterocycles. The Kier molecular flexibility index (Phi) is 5.71. The predicted molar refractivity (Wildman–Crippen MR) is 105 cm³/mol. The molecule has 1 saturated heterocycles. The van der Waals surface area contributed by atoms with Crippen molar-refractivity contribution in [3.8, 4) is 0 Å². The number of likely N-dealkylation sites (tertiary alicyclic amines) is 1. The number of halogens is 2. The molecule has 2 aromatic rings. The summed E-state index contributed by atoms with van der Waals surface area (Å²) in [6, 6.07) is 15.6. The Morgan fingerprint density at radius 2 is 1.80 bits per heavy atom. The molecule has 0 spiro atoms. The molecule has 0 aliphatic carbocycles. The van der Waals surface area contributed by atoms with E-state index in [9.17, 15) is 4.79 Å². The molecule has 25 heavy (non-hydrogen) atoms. The van der Waals surface area contributed by atoms with E-state index < -0.39 is 0 Å². The van der Waals surface area contributed by atoms with Gasteiger partial charge in [0.1, 0.15) is 0 Å². The second kappa shape index (κ2) is 7.98. The number of para-hydroxylation sites is 1. The van der Waals surface area contributed by atoms with Crippen LogP contribution in [0.4, 0.5) is 16.2 Å². The minimum Gasteiger partial charge on any atom is -0.365 e. The van der Waals surface area contributed by atoms with Gasteiger partial charge < -0.3 is 15.1 Å². The van der Waals surface area contributed by atoms with E-state index in [2.05, 4.69) is 29.3 Å². The number of hydrogen-bond acceptors (Lipinski definition) is 2. The molecule has 1 aliphatic heterocycles. The first kappa shape index (κ1) is 17.9. The van der Waals surface area contributed by atoms with Crippen LogP contribution >= 0.6 is 23.2 Å². The number of anilines is 2. The average molecular weight is 378 g/mol. The highest BCUT2D eigenvalue weighted by Gasteiger charge is 2.34. The predicted octanol–water partition coefficient (Wildman–Crippen LogP) is 5.13. The van der Waals surface area contributed by atoms with Crippen molar-refractivity contribution in [3.63, 3.8) is 0 Å². The van der Waals surface area contributed by atoms with E-state index in [0.29, 0.717) is 34.9 Å². The van der Waals surface area contributed by atoms with Gasteiger partial charge in [0.05, 0.1) is 6.04 Å². The fourth-order valence-corrected chi connectivity index (χ4v) is 3.56. The summed E-state index contributed by atoms with van der Waals surface area (Å²) in [5.74, 6) is 0. The van der Waals surface area contributed by atoms with E-state index >= 15 is 0 Å². The third-order valence-corrected chi connectivity index (χ3v) is 4.69. The Morgan fingerprint density at radius 1 is 1.16 bits per heavy atom. The Balaban J connectivity index is 1.59. The van der Waals surface area contributed by atoms with Crippen LogP contribution in [0, 0.1) is 0 Å². The summed E-state index contributed by atoms with van der Waals surface area (Å²) in [5.41, 5.74) is 1.82. The lowest BCUT2D eigenvalue weighted by Gasteiger charge is -2.46. The molecule has 2 amide bonds. The molecule has 3 rings (SSSR count). The first-order valence-electron chi connectivity index (χ1n) is 8.40. The van der Waals surface area contributed by atoms with Crippen LogP contribution in [-0.4, -0.2) is 36.6 Å². The summed E-state index contributed by atoms with van der Waals surface area (Å²) in [6.45, 7) is 4.56. The molecule has 4 nitrogen and oxygen atoms in total. The average Bonchev–Trinajstić information content (AvgIpc) is 2.52.